The Morgan fingerprint density at radius 3 is 2.67 bits per heavy atom. The van der Waals surface area contributed by atoms with E-state index in [1.54, 1.807) is 22.5 Å². The van der Waals surface area contributed by atoms with Crippen molar-refractivity contribution >= 4 is 32.4 Å². The van der Waals surface area contributed by atoms with Crippen LogP contribution in [0.2, 0.25) is 0 Å². The molecule has 1 saturated carbocycles. The Kier molecular flexibility index (Phi) is 5.99. The fourth-order valence-corrected chi connectivity index (χ4v) is 6.29. The maximum atomic E-state index is 12.7. The molecule has 2 heterocycles. The average Bonchev–Trinajstić information content (AvgIpc) is 3.50. The van der Waals surface area contributed by atoms with E-state index < -0.39 is 10.0 Å². The molecule has 162 valence electrons. The number of thiazole rings is 1. The number of anilines is 1. The minimum atomic E-state index is -3.21. The van der Waals surface area contributed by atoms with Gasteiger partial charge in [0.2, 0.25) is 10.0 Å². The van der Waals surface area contributed by atoms with Crippen LogP contribution in [-0.2, 0) is 23.0 Å². The SMILES string of the molecule is CCOc1ccc(C(=O)Nc2nc3c(s2)CN(S(=O)(=O)C2CC2)CC3)cc1OCC. The van der Waals surface area contributed by atoms with Gasteiger partial charge in [-0.2, -0.15) is 4.31 Å². The van der Waals surface area contributed by atoms with Crippen molar-refractivity contribution in [2.24, 2.45) is 0 Å². The first-order valence-corrected chi connectivity index (χ1v) is 12.4. The second kappa shape index (κ2) is 8.52. The number of hydrogen-bond donors (Lipinski definition) is 1. The van der Waals surface area contributed by atoms with E-state index in [9.17, 15) is 13.2 Å². The summed E-state index contributed by atoms with van der Waals surface area (Å²) in [4.78, 5) is 18.1. The molecule has 1 N–H and O–H groups in total. The monoisotopic (exact) mass is 451 g/mol. The molecule has 4 rings (SSSR count). The number of fused-ring (bicyclic) bond motifs is 1. The molecule has 1 amide bonds. The zero-order chi connectivity index (χ0) is 21.3. The van der Waals surface area contributed by atoms with Crippen LogP contribution < -0.4 is 14.8 Å². The lowest BCUT2D eigenvalue weighted by molar-refractivity contribution is 0.102. The van der Waals surface area contributed by atoms with E-state index in [0.29, 0.717) is 54.9 Å². The molecule has 30 heavy (non-hydrogen) atoms. The van der Waals surface area contributed by atoms with Crippen LogP contribution >= 0.6 is 11.3 Å². The molecule has 2 aromatic rings. The predicted octanol–water partition coefficient (Wildman–Crippen LogP) is 3.04. The summed E-state index contributed by atoms with van der Waals surface area (Å²) in [7, 11) is -3.21. The number of carbonyl (C=O) groups is 1. The van der Waals surface area contributed by atoms with E-state index in [1.165, 1.54) is 11.3 Å². The Labute approximate surface area is 180 Å². The molecule has 2 aliphatic rings. The van der Waals surface area contributed by atoms with Crippen molar-refractivity contribution in [2.45, 2.75) is 44.9 Å². The predicted molar refractivity (Wildman–Crippen MR) is 115 cm³/mol. The van der Waals surface area contributed by atoms with E-state index in [4.69, 9.17) is 9.47 Å². The summed E-state index contributed by atoms with van der Waals surface area (Å²) in [5, 5.41) is 3.09. The summed E-state index contributed by atoms with van der Waals surface area (Å²) in [5.74, 6) is 0.816. The quantitative estimate of drug-likeness (QED) is 0.663. The van der Waals surface area contributed by atoms with Crippen molar-refractivity contribution in [3.05, 3.63) is 34.3 Å². The van der Waals surface area contributed by atoms with Crippen LogP contribution in [-0.4, -0.2) is 48.6 Å². The van der Waals surface area contributed by atoms with Gasteiger partial charge in [0, 0.05) is 30.0 Å². The van der Waals surface area contributed by atoms with Crippen LogP contribution in [0, 0.1) is 0 Å². The first-order chi connectivity index (χ1) is 14.4. The topological polar surface area (TPSA) is 97.8 Å². The zero-order valence-corrected chi connectivity index (χ0v) is 18.6. The van der Waals surface area contributed by atoms with E-state index in [2.05, 4.69) is 10.3 Å². The maximum Gasteiger partial charge on any atom is 0.257 e. The van der Waals surface area contributed by atoms with Crippen molar-refractivity contribution in [1.29, 1.82) is 0 Å². The molecule has 0 radical (unpaired) electrons. The molecule has 10 heteroatoms. The highest BCUT2D eigenvalue weighted by Crippen LogP contribution is 2.36. The summed E-state index contributed by atoms with van der Waals surface area (Å²) in [6, 6.07) is 5.05. The summed E-state index contributed by atoms with van der Waals surface area (Å²) in [5.41, 5.74) is 1.30. The van der Waals surface area contributed by atoms with Gasteiger partial charge >= 0.3 is 0 Å². The number of rotatable bonds is 8. The lowest BCUT2D eigenvalue weighted by atomic mass is 10.2. The van der Waals surface area contributed by atoms with Gasteiger partial charge < -0.3 is 9.47 Å². The third-order valence-electron chi connectivity index (χ3n) is 5.03. The molecular weight excluding hydrogens is 426 g/mol. The molecule has 1 aromatic heterocycles. The van der Waals surface area contributed by atoms with Crippen LogP contribution in [0.25, 0.3) is 0 Å². The summed E-state index contributed by atoms with van der Waals surface area (Å²) in [6.45, 7) is 5.50. The van der Waals surface area contributed by atoms with E-state index in [0.717, 1.165) is 23.4 Å². The number of nitrogens with zero attached hydrogens (tertiary/aromatic N) is 2. The third-order valence-corrected chi connectivity index (χ3v) is 8.37. The van der Waals surface area contributed by atoms with Crippen LogP contribution in [0.5, 0.6) is 11.5 Å². The molecule has 1 fully saturated rings. The summed E-state index contributed by atoms with van der Waals surface area (Å²) >= 11 is 1.33. The molecular formula is C20H25N3O5S2. The highest BCUT2D eigenvalue weighted by Gasteiger charge is 2.41. The van der Waals surface area contributed by atoms with Crippen LogP contribution in [0.3, 0.4) is 0 Å². The smallest absolute Gasteiger partial charge is 0.257 e. The van der Waals surface area contributed by atoms with Crippen LogP contribution in [0.15, 0.2) is 18.2 Å². The minimum Gasteiger partial charge on any atom is -0.490 e. The van der Waals surface area contributed by atoms with Crippen LogP contribution in [0.1, 0.15) is 47.6 Å². The number of hydrogen-bond acceptors (Lipinski definition) is 7. The molecule has 1 aromatic carbocycles. The Balaban J connectivity index is 1.47. The first-order valence-electron chi connectivity index (χ1n) is 10.1. The second-order valence-corrected chi connectivity index (χ2v) is 10.5. The highest BCUT2D eigenvalue weighted by atomic mass is 32.2. The Bertz CT molecular complexity index is 1050. The zero-order valence-electron chi connectivity index (χ0n) is 17.0. The molecule has 8 nitrogen and oxygen atoms in total. The average molecular weight is 452 g/mol. The molecule has 0 atom stereocenters. The lowest BCUT2D eigenvalue weighted by Gasteiger charge is -2.25. The van der Waals surface area contributed by atoms with Gasteiger partial charge in [0.15, 0.2) is 16.6 Å². The van der Waals surface area contributed by atoms with Crippen LogP contribution in [0.4, 0.5) is 5.13 Å². The van der Waals surface area contributed by atoms with Gasteiger partial charge in [0.1, 0.15) is 0 Å². The lowest BCUT2D eigenvalue weighted by Crippen LogP contribution is -2.37. The number of sulfonamides is 1. The van der Waals surface area contributed by atoms with Gasteiger partial charge in [0.25, 0.3) is 5.91 Å². The molecule has 0 spiro atoms. The van der Waals surface area contributed by atoms with Crippen molar-refractivity contribution in [3.63, 3.8) is 0 Å². The van der Waals surface area contributed by atoms with Gasteiger partial charge in [-0.05, 0) is 44.9 Å². The molecule has 0 bridgehead atoms. The van der Waals surface area contributed by atoms with Crippen molar-refractivity contribution < 1.29 is 22.7 Å². The maximum absolute atomic E-state index is 12.7. The summed E-state index contributed by atoms with van der Waals surface area (Å²) in [6.07, 6.45) is 2.06. The summed E-state index contributed by atoms with van der Waals surface area (Å²) < 4.78 is 37.7. The molecule has 1 aliphatic heterocycles. The Morgan fingerprint density at radius 1 is 1.23 bits per heavy atom. The Morgan fingerprint density at radius 2 is 1.97 bits per heavy atom. The fraction of sp³-hybridized carbons (Fsp3) is 0.500. The normalized spacial score (nSPS) is 16.7. The largest absolute Gasteiger partial charge is 0.490 e. The number of nitrogens with one attached hydrogen (secondary N) is 1. The third kappa shape index (κ3) is 4.30. The van der Waals surface area contributed by atoms with Gasteiger partial charge in [-0.3, -0.25) is 10.1 Å². The number of amides is 1. The van der Waals surface area contributed by atoms with Gasteiger partial charge in [-0.25, -0.2) is 13.4 Å². The first kappa shape index (κ1) is 21.1. The van der Waals surface area contributed by atoms with Gasteiger partial charge in [-0.1, -0.05) is 0 Å². The highest BCUT2D eigenvalue weighted by molar-refractivity contribution is 7.90. The van der Waals surface area contributed by atoms with Crippen molar-refractivity contribution in [1.82, 2.24) is 9.29 Å². The van der Waals surface area contributed by atoms with E-state index >= 15 is 0 Å². The number of ether oxygens (including phenoxy) is 2. The fourth-order valence-electron chi connectivity index (χ4n) is 3.38. The van der Waals surface area contributed by atoms with E-state index in [1.807, 2.05) is 13.8 Å². The van der Waals surface area contributed by atoms with Crippen molar-refractivity contribution in [3.8, 4) is 11.5 Å². The second-order valence-electron chi connectivity index (χ2n) is 7.20. The van der Waals surface area contributed by atoms with E-state index in [-0.39, 0.29) is 11.2 Å². The number of benzene rings is 1. The minimum absolute atomic E-state index is 0.217. The molecule has 0 unspecified atom stereocenters. The number of aromatic nitrogens is 1. The van der Waals surface area contributed by atoms with Gasteiger partial charge in [0.05, 0.1) is 24.2 Å². The molecule has 1 aliphatic carbocycles. The molecule has 0 saturated heterocycles. The van der Waals surface area contributed by atoms with Crippen molar-refractivity contribution in [2.75, 3.05) is 25.1 Å². The van der Waals surface area contributed by atoms with Gasteiger partial charge in [-0.15, -0.1) is 11.3 Å². The Hall–Kier alpha value is -2.17. The number of carbonyl (C=O) groups excluding carboxylic acids is 1. The standard InChI is InChI=1S/C20H25N3O5S2/c1-3-27-16-8-5-13(11-17(16)28-4-2)19(24)22-20-21-15-9-10-23(12-18(15)29-20)30(25,26)14-6-7-14/h5,8,11,14H,3-4,6-7,9-10,12H2,1-2H3,(H,21,22,24).